The molecule has 1 atom stereocenters. The van der Waals surface area contributed by atoms with Gasteiger partial charge in [-0.2, -0.15) is 0 Å². The molecule has 3 N–H and O–H groups in total. The Balaban J connectivity index is 2.29. The number of ether oxygens (including phenoxy) is 1. The van der Waals surface area contributed by atoms with Gasteiger partial charge in [0.15, 0.2) is 6.23 Å². The van der Waals surface area contributed by atoms with Crippen molar-refractivity contribution in [3.05, 3.63) is 0 Å². The van der Waals surface area contributed by atoms with Gasteiger partial charge in [0.2, 0.25) is 5.91 Å². The molecular weight excluding hydrogens is 318 g/mol. The predicted octanol–water partition coefficient (Wildman–Crippen LogP) is 3.54. The number of carbonyl (C=O) groups is 2. The molecule has 0 aromatic carbocycles. The minimum absolute atomic E-state index is 0.122. The topological polar surface area (TPSA) is 84.7 Å². The molecule has 0 radical (unpaired) electrons. The first kappa shape index (κ1) is 21.7. The van der Waals surface area contributed by atoms with Gasteiger partial charge in [-0.05, 0) is 38.6 Å². The van der Waals surface area contributed by atoms with Crippen LogP contribution in [0.5, 0.6) is 0 Å². The lowest BCUT2D eigenvalue weighted by molar-refractivity contribution is -0.144. The highest BCUT2D eigenvalue weighted by molar-refractivity contribution is 5.77. The van der Waals surface area contributed by atoms with E-state index in [0.29, 0.717) is 26.1 Å². The molecule has 1 heterocycles. The first-order chi connectivity index (χ1) is 12.2. The maximum atomic E-state index is 12.5. The lowest BCUT2D eigenvalue weighted by Gasteiger charge is -2.35. The van der Waals surface area contributed by atoms with Gasteiger partial charge in [0.05, 0.1) is 0 Å². The van der Waals surface area contributed by atoms with Gasteiger partial charge in [0, 0.05) is 25.9 Å². The van der Waals surface area contributed by atoms with Gasteiger partial charge in [-0.3, -0.25) is 4.79 Å². The molecule has 0 bridgehead atoms. The molecule has 1 fully saturated rings. The minimum atomic E-state index is -0.416. The van der Waals surface area contributed by atoms with Gasteiger partial charge >= 0.3 is 6.09 Å². The van der Waals surface area contributed by atoms with E-state index in [1.165, 1.54) is 19.3 Å². The summed E-state index contributed by atoms with van der Waals surface area (Å²) in [4.78, 5) is 26.2. The highest BCUT2D eigenvalue weighted by atomic mass is 16.6. The third-order valence-electron chi connectivity index (χ3n) is 4.66. The molecule has 0 saturated carbocycles. The molecule has 0 aromatic heterocycles. The van der Waals surface area contributed by atoms with Crippen LogP contribution in [0.15, 0.2) is 0 Å². The van der Waals surface area contributed by atoms with Gasteiger partial charge in [0.1, 0.15) is 0 Å². The molecular formula is C19H37N3O3. The Bertz CT molecular complexity index is 377. The maximum Gasteiger partial charge on any atom is 0.409 e. The number of amides is 2. The van der Waals surface area contributed by atoms with Gasteiger partial charge in [0.25, 0.3) is 0 Å². The molecule has 1 aliphatic heterocycles. The van der Waals surface area contributed by atoms with E-state index >= 15 is 0 Å². The van der Waals surface area contributed by atoms with Crippen molar-refractivity contribution in [3.8, 4) is 0 Å². The number of rotatable bonds is 12. The number of nitrogens with zero attached hydrogens (tertiary/aromatic N) is 1. The van der Waals surface area contributed by atoms with Crippen LogP contribution in [-0.2, 0) is 9.53 Å². The quantitative estimate of drug-likeness (QED) is 0.524. The number of hydrogen-bond acceptors (Lipinski definition) is 4. The molecule has 1 rings (SSSR count). The Morgan fingerprint density at radius 2 is 1.84 bits per heavy atom. The number of unbranched alkanes of at least 4 members (excludes halogenated alkanes) is 6. The summed E-state index contributed by atoms with van der Waals surface area (Å²) in [6.07, 6.45) is 11.0. The number of likely N-dealkylation sites (tertiary alicyclic amines) is 1. The Hall–Kier alpha value is -1.30. The van der Waals surface area contributed by atoms with Crippen molar-refractivity contribution in [3.63, 3.8) is 0 Å². The van der Waals surface area contributed by atoms with E-state index in [0.717, 1.165) is 51.4 Å². The first-order valence-corrected chi connectivity index (χ1v) is 10.1. The Morgan fingerprint density at radius 3 is 2.60 bits per heavy atom. The first-order valence-electron chi connectivity index (χ1n) is 10.1. The predicted molar refractivity (Wildman–Crippen MR) is 100 cm³/mol. The van der Waals surface area contributed by atoms with E-state index in [1.807, 2.05) is 0 Å². The minimum Gasteiger partial charge on any atom is -0.425 e. The summed E-state index contributed by atoms with van der Waals surface area (Å²) in [7, 11) is 0. The summed E-state index contributed by atoms with van der Waals surface area (Å²) < 4.78 is 5.51. The maximum absolute atomic E-state index is 12.5. The van der Waals surface area contributed by atoms with Crippen molar-refractivity contribution in [1.82, 2.24) is 10.2 Å². The van der Waals surface area contributed by atoms with Crippen molar-refractivity contribution in [2.24, 2.45) is 5.73 Å². The third-order valence-corrected chi connectivity index (χ3v) is 4.66. The van der Waals surface area contributed by atoms with E-state index in [2.05, 4.69) is 12.2 Å². The lowest BCUT2D eigenvalue weighted by Crippen LogP contribution is -2.47. The average Bonchev–Trinajstić information content (AvgIpc) is 2.61. The zero-order chi connectivity index (χ0) is 18.3. The van der Waals surface area contributed by atoms with E-state index < -0.39 is 12.3 Å². The van der Waals surface area contributed by atoms with Gasteiger partial charge in [-0.15, -0.1) is 0 Å². The van der Waals surface area contributed by atoms with Crippen LogP contribution < -0.4 is 11.1 Å². The summed E-state index contributed by atoms with van der Waals surface area (Å²) in [6.45, 7) is 4.16. The summed E-state index contributed by atoms with van der Waals surface area (Å²) in [5.74, 6) is 0.122. The van der Waals surface area contributed by atoms with Crippen LogP contribution in [0.1, 0.15) is 84.0 Å². The molecule has 146 valence electrons. The third kappa shape index (κ3) is 9.68. The zero-order valence-electron chi connectivity index (χ0n) is 15.9. The van der Waals surface area contributed by atoms with Crippen molar-refractivity contribution in [1.29, 1.82) is 0 Å². The second-order valence-electron chi connectivity index (χ2n) is 6.88. The summed E-state index contributed by atoms with van der Waals surface area (Å²) in [6, 6.07) is 0. The van der Waals surface area contributed by atoms with Crippen LogP contribution in [0.3, 0.4) is 0 Å². The molecule has 1 aliphatic rings. The number of nitrogens with one attached hydrogen (secondary N) is 1. The largest absolute Gasteiger partial charge is 0.425 e. The normalized spacial score (nSPS) is 17.4. The fraction of sp³-hybridized carbons (Fsp3) is 0.895. The van der Waals surface area contributed by atoms with Crippen LogP contribution in [-0.4, -0.2) is 42.8 Å². The molecule has 2 amide bonds. The second kappa shape index (κ2) is 13.9. The highest BCUT2D eigenvalue weighted by Crippen LogP contribution is 2.20. The van der Waals surface area contributed by atoms with Crippen LogP contribution in [0, 0.1) is 0 Å². The number of nitrogens with two attached hydrogens (primary N) is 1. The lowest BCUT2D eigenvalue weighted by atomic mass is 10.1. The van der Waals surface area contributed by atoms with E-state index in [4.69, 9.17) is 10.5 Å². The van der Waals surface area contributed by atoms with Gasteiger partial charge < -0.3 is 20.7 Å². The van der Waals surface area contributed by atoms with Crippen LogP contribution >= 0.6 is 0 Å². The van der Waals surface area contributed by atoms with Crippen LogP contribution in [0.25, 0.3) is 0 Å². The van der Waals surface area contributed by atoms with Gasteiger partial charge in [-0.1, -0.05) is 39.0 Å². The molecule has 6 nitrogen and oxygen atoms in total. The number of piperidine rings is 1. The van der Waals surface area contributed by atoms with E-state index in [9.17, 15) is 9.59 Å². The second-order valence-corrected chi connectivity index (χ2v) is 6.88. The summed E-state index contributed by atoms with van der Waals surface area (Å²) in [5.41, 5.74) is 5.45. The molecule has 0 spiro atoms. The SMILES string of the molecule is CCCCCCCC(=O)N1CCCC[C@H]1OC(=O)NCCCCCN. The van der Waals surface area contributed by atoms with Gasteiger partial charge in [-0.25, -0.2) is 4.79 Å². The Kier molecular flexibility index (Phi) is 12.1. The summed E-state index contributed by atoms with van der Waals surface area (Å²) >= 11 is 0. The van der Waals surface area contributed by atoms with Crippen molar-refractivity contribution in [2.45, 2.75) is 90.2 Å². The smallest absolute Gasteiger partial charge is 0.409 e. The van der Waals surface area contributed by atoms with E-state index in [-0.39, 0.29) is 5.91 Å². The van der Waals surface area contributed by atoms with E-state index in [1.54, 1.807) is 4.90 Å². The fourth-order valence-corrected chi connectivity index (χ4v) is 3.13. The zero-order valence-corrected chi connectivity index (χ0v) is 15.9. The fourth-order valence-electron chi connectivity index (χ4n) is 3.13. The number of alkyl carbamates (subject to hydrolysis) is 1. The number of carbonyl (C=O) groups excluding carboxylic acids is 2. The highest BCUT2D eigenvalue weighted by Gasteiger charge is 2.29. The molecule has 25 heavy (non-hydrogen) atoms. The van der Waals surface area contributed by atoms with Crippen LogP contribution in [0.2, 0.25) is 0 Å². The molecule has 1 saturated heterocycles. The van der Waals surface area contributed by atoms with Crippen LogP contribution in [0.4, 0.5) is 4.79 Å². The molecule has 0 aliphatic carbocycles. The average molecular weight is 356 g/mol. The molecule has 6 heteroatoms. The number of hydrogen-bond donors (Lipinski definition) is 2. The van der Waals surface area contributed by atoms with Crippen molar-refractivity contribution < 1.29 is 14.3 Å². The standard InChI is InChI=1S/C19H37N3O3/c1-2-3-4-5-7-12-17(23)22-16-11-8-13-18(22)25-19(24)21-15-10-6-9-14-20/h18H,2-16,20H2,1H3,(H,21,24)/t18-/m1/s1. The molecule has 0 unspecified atom stereocenters. The molecule has 0 aromatic rings. The van der Waals surface area contributed by atoms with Crippen molar-refractivity contribution >= 4 is 12.0 Å². The monoisotopic (exact) mass is 355 g/mol. The Labute approximate surface area is 152 Å². The Morgan fingerprint density at radius 1 is 1.08 bits per heavy atom. The summed E-state index contributed by atoms with van der Waals surface area (Å²) in [5, 5.41) is 2.77. The van der Waals surface area contributed by atoms with Crippen molar-refractivity contribution in [2.75, 3.05) is 19.6 Å².